The molecule has 3 rings (SSSR count). The van der Waals surface area contributed by atoms with Crippen molar-refractivity contribution in [2.75, 3.05) is 0 Å². The lowest BCUT2D eigenvalue weighted by molar-refractivity contribution is 0.174. The number of isothiocyanates is 1. The van der Waals surface area contributed by atoms with Gasteiger partial charge in [0.1, 0.15) is 0 Å². The average Bonchev–Trinajstić information content (AvgIpc) is 3.00. The van der Waals surface area contributed by atoms with Gasteiger partial charge in [0.15, 0.2) is 0 Å². The molecule has 2 nitrogen and oxygen atoms in total. The quantitative estimate of drug-likeness (QED) is 0.420. The maximum absolute atomic E-state index is 4.98. The van der Waals surface area contributed by atoms with Crippen LogP contribution in [0.5, 0.6) is 0 Å². The van der Waals surface area contributed by atoms with Crippen LogP contribution in [0.4, 0.5) is 0 Å². The molecule has 0 radical (unpaired) electrons. The molecule has 1 aliphatic rings. The minimum absolute atomic E-state index is 0.0298. The number of nitrogens with one attached hydrogen (secondary N) is 1. The van der Waals surface area contributed by atoms with Crippen molar-refractivity contribution in [3.8, 4) is 0 Å². The van der Waals surface area contributed by atoms with Crippen molar-refractivity contribution >= 4 is 28.3 Å². The van der Waals surface area contributed by atoms with Crippen LogP contribution >= 0.6 is 12.2 Å². The van der Waals surface area contributed by atoms with Crippen LogP contribution in [0.25, 0.3) is 10.9 Å². The molecule has 1 unspecified atom stereocenters. The average molecular weight is 337 g/mol. The minimum atomic E-state index is -0.0825. The van der Waals surface area contributed by atoms with Gasteiger partial charge in [-0.3, -0.25) is 0 Å². The van der Waals surface area contributed by atoms with Crippen molar-refractivity contribution in [1.82, 2.24) is 4.98 Å². The van der Waals surface area contributed by atoms with Gasteiger partial charge in [-0.2, -0.15) is 0 Å². The lowest BCUT2D eigenvalue weighted by Crippen LogP contribution is -2.42. The lowest BCUT2D eigenvalue weighted by atomic mass is 9.59. The molecule has 4 atom stereocenters. The van der Waals surface area contributed by atoms with Crippen LogP contribution < -0.4 is 0 Å². The molecule has 0 spiro atoms. The van der Waals surface area contributed by atoms with E-state index in [4.69, 9.17) is 12.2 Å². The number of aromatic amines is 1. The number of fused-ring (bicyclic) bond motifs is 1. The number of thiocarbonyl (C=S) groups is 1. The first-order valence-corrected chi connectivity index (χ1v) is 8.84. The van der Waals surface area contributed by atoms with Gasteiger partial charge < -0.3 is 4.98 Å². The number of rotatable bonds is 4. The first-order valence-electron chi connectivity index (χ1n) is 8.44. The second-order valence-corrected chi connectivity index (χ2v) is 7.36. The van der Waals surface area contributed by atoms with Crippen LogP contribution in [-0.2, 0) is 0 Å². The fraction of sp³-hybridized carbons (Fsp3) is 0.381. The molecule has 1 aliphatic carbocycles. The Kier molecular flexibility index (Phi) is 4.58. The molecular formula is C21H24N2S. The molecule has 0 bridgehead atoms. The highest BCUT2D eigenvalue weighted by Crippen LogP contribution is 2.52. The van der Waals surface area contributed by atoms with Gasteiger partial charge in [0.05, 0.1) is 11.2 Å². The first-order chi connectivity index (χ1) is 11.5. The Bertz CT molecular complexity index is 827. The van der Waals surface area contributed by atoms with E-state index < -0.39 is 0 Å². The lowest BCUT2D eigenvalue weighted by Gasteiger charge is -2.46. The van der Waals surface area contributed by atoms with Crippen molar-refractivity contribution in [2.45, 2.75) is 38.6 Å². The van der Waals surface area contributed by atoms with Crippen molar-refractivity contribution in [3.63, 3.8) is 0 Å². The largest absolute Gasteiger partial charge is 0.361 e. The van der Waals surface area contributed by atoms with E-state index in [1.54, 1.807) is 0 Å². The number of H-pyrrole nitrogens is 1. The Labute approximate surface area is 149 Å². The smallest absolute Gasteiger partial charge is 0.0765 e. The summed E-state index contributed by atoms with van der Waals surface area (Å²) in [4.78, 5) is 8.03. The summed E-state index contributed by atoms with van der Waals surface area (Å²) in [5, 5.41) is 3.90. The fourth-order valence-corrected chi connectivity index (χ4v) is 4.35. The van der Waals surface area contributed by atoms with Gasteiger partial charge in [0.25, 0.3) is 0 Å². The van der Waals surface area contributed by atoms with Crippen LogP contribution in [0.15, 0.2) is 60.3 Å². The number of para-hydroxylation sites is 1. The number of nitrogens with zero attached hydrogens (tertiary/aromatic N) is 1. The second kappa shape index (κ2) is 6.51. The highest BCUT2D eigenvalue weighted by molar-refractivity contribution is 7.78. The Morgan fingerprint density at radius 2 is 2.21 bits per heavy atom. The minimum Gasteiger partial charge on any atom is -0.361 e. The van der Waals surface area contributed by atoms with E-state index in [2.05, 4.69) is 72.6 Å². The van der Waals surface area contributed by atoms with Crippen LogP contribution in [0, 0.1) is 11.3 Å². The van der Waals surface area contributed by atoms with Crippen LogP contribution in [0.1, 0.15) is 38.2 Å². The van der Waals surface area contributed by atoms with E-state index in [1.807, 2.05) is 6.08 Å². The molecular weight excluding hydrogens is 312 g/mol. The highest BCUT2D eigenvalue weighted by atomic mass is 32.1. The number of hydrogen-bond donors (Lipinski definition) is 1. The molecule has 3 heteroatoms. The molecule has 2 aromatic rings. The Morgan fingerprint density at radius 3 is 2.88 bits per heavy atom. The van der Waals surface area contributed by atoms with E-state index in [0.29, 0.717) is 5.92 Å². The molecule has 24 heavy (non-hydrogen) atoms. The predicted octanol–water partition coefficient (Wildman–Crippen LogP) is 5.90. The zero-order valence-electron chi connectivity index (χ0n) is 14.4. The molecule has 0 amide bonds. The third-order valence-electron chi connectivity index (χ3n) is 5.71. The summed E-state index contributed by atoms with van der Waals surface area (Å²) in [6, 6.07) is 8.46. The molecule has 1 N–H and O–H groups in total. The van der Waals surface area contributed by atoms with E-state index in [0.717, 1.165) is 18.4 Å². The van der Waals surface area contributed by atoms with Gasteiger partial charge in [-0.1, -0.05) is 43.4 Å². The van der Waals surface area contributed by atoms with Gasteiger partial charge in [-0.25, -0.2) is 4.99 Å². The fourth-order valence-electron chi connectivity index (χ4n) is 4.24. The van der Waals surface area contributed by atoms with Crippen molar-refractivity contribution in [2.24, 2.45) is 16.3 Å². The Morgan fingerprint density at radius 1 is 1.46 bits per heavy atom. The molecule has 124 valence electrons. The SMILES string of the molecule is C=C[C@@]1(C)CC[C@@H](C(=C)C)[C@H](c2c[nH]c3ccccc23)C1N=C=S. The Hall–Kier alpha value is -1.96. The monoisotopic (exact) mass is 336 g/mol. The molecule has 1 heterocycles. The number of benzene rings is 1. The van der Waals surface area contributed by atoms with Crippen molar-refractivity contribution in [3.05, 3.63) is 60.8 Å². The van der Waals surface area contributed by atoms with Gasteiger partial charge in [-0.15, -0.1) is 6.58 Å². The third-order valence-corrected chi connectivity index (χ3v) is 5.82. The molecule has 1 aromatic carbocycles. The summed E-state index contributed by atoms with van der Waals surface area (Å²) in [7, 11) is 0. The standard InChI is InChI=1S/C21H24N2S/c1-5-21(4)11-10-15(14(2)3)19(20(21)23-13-24)17-12-22-18-9-7-6-8-16(17)18/h5-9,12,15,19-20,22H,1-2,10-11H2,3-4H3/t15-,19+,20?,21-/m0/s1. The zero-order valence-corrected chi connectivity index (χ0v) is 15.2. The first kappa shape index (κ1) is 16.9. The van der Waals surface area contributed by atoms with Gasteiger partial charge >= 0.3 is 0 Å². The number of hydrogen-bond acceptors (Lipinski definition) is 2. The van der Waals surface area contributed by atoms with Gasteiger partial charge in [0, 0.05) is 28.4 Å². The zero-order chi connectivity index (χ0) is 17.3. The number of aliphatic imine (C=N–C) groups is 1. The summed E-state index contributed by atoms with van der Waals surface area (Å²) in [5.74, 6) is 0.611. The molecule has 0 aliphatic heterocycles. The summed E-state index contributed by atoms with van der Waals surface area (Å²) in [6.07, 6.45) is 6.31. The molecule has 1 fully saturated rings. The van der Waals surface area contributed by atoms with E-state index in [9.17, 15) is 0 Å². The van der Waals surface area contributed by atoms with Crippen LogP contribution in [0.3, 0.4) is 0 Å². The summed E-state index contributed by atoms with van der Waals surface area (Å²) in [5.41, 5.74) is 3.58. The molecule has 0 saturated heterocycles. The van der Waals surface area contributed by atoms with Crippen LogP contribution in [-0.4, -0.2) is 16.2 Å². The maximum atomic E-state index is 4.98. The van der Waals surface area contributed by atoms with E-state index in [-0.39, 0.29) is 17.4 Å². The third kappa shape index (κ3) is 2.68. The topological polar surface area (TPSA) is 28.1 Å². The maximum Gasteiger partial charge on any atom is 0.0765 e. The van der Waals surface area contributed by atoms with Gasteiger partial charge in [0.2, 0.25) is 0 Å². The summed E-state index contributed by atoms with van der Waals surface area (Å²) >= 11 is 4.98. The normalized spacial score (nSPS) is 29.8. The van der Waals surface area contributed by atoms with Crippen LogP contribution in [0.2, 0.25) is 0 Å². The number of allylic oxidation sites excluding steroid dienone is 1. The molecule has 1 saturated carbocycles. The summed E-state index contributed by atoms with van der Waals surface area (Å²) < 4.78 is 0. The highest BCUT2D eigenvalue weighted by Gasteiger charge is 2.46. The summed E-state index contributed by atoms with van der Waals surface area (Å²) in [6.45, 7) is 12.7. The van der Waals surface area contributed by atoms with Crippen molar-refractivity contribution < 1.29 is 0 Å². The molecule has 1 aromatic heterocycles. The predicted molar refractivity (Wildman–Crippen MR) is 106 cm³/mol. The van der Waals surface area contributed by atoms with E-state index in [1.165, 1.54) is 16.5 Å². The van der Waals surface area contributed by atoms with Gasteiger partial charge in [-0.05, 0) is 49.5 Å². The number of aromatic nitrogens is 1. The van der Waals surface area contributed by atoms with E-state index >= 15 is 0 Å². The Balaban J connectivity index is 2.21. The van der Waals surface area contributed by atoms with Crippen molar-refractivity contribution in [1.29, 1.82) is 0 Å². The second-order valence-electron chi connectivity index (χ2n) is 7.18.